The van der Waals surface area contributed by atoms with Crippen molar-refractivity contribution in [1.82, 2.24) is 14.8 Å². The molecule has 3 aromatic carbocycles. The van der Waals surface area contributed by atoms with Crippen molar-refractivity contribution >= 4 is 29.0 Å². The van der Waals surface area contributed by atoms with Gasteiger partial charge in [-0.25, -0.2) is 0 Å². The van der Waals surface area contributed by atoms with E-state index < -0.39 is 0 Å². The van der Waals surface area contributed by atoms with Crippen LogP contribution in [0.2, 0.25) is 0 Å². The van der Waals surface area contributed by atoms with Crippen molar-refractivity contribution in [2.24, 2.45) is 0 Å². The summed E-state index contributed by atoms with van der Waals surface area (Å²) in [7, 11) is 5.60. The van der Waals surface area contributed by atoms with E-state index in [-0.39, 0.29) is 11.7 Å². The van der Waals surface area contributed by atoms with Gasteiger partial charge in [-0.2, -0.15) is 0 Å². The molecule has 174 valence electrons. The van der Waals surface area contributed by atoms with Crippen LogP contribution in [0.5, 0.6) is 5.75 Å². The number of aryl methyl sites for hydroxylation is 1. The van der Waals surface area contributed by atoms with E-state index in [4.69, 9.17) is 4.74 Å². The molecule has 1 N–H and O–H groups in total. The normalized spacial score (nSPS) is 10.7. The Morgan fingerprint density at radius 2 is 1.76 bits per heavy atom. The van der Waals surface area contributed by atoms with Crippen molar-refractivity contribution in [1.29, 1.82) is 0 Å². The highest BCUT2D eigenvalue weighted by Crippen LogP contribution is 2.29. The molecular weight excluding hydrogens is 446 g/mol. The maximum Gasteiger partial charge on any atom is 0.234 e. The summed E-state index contributed by atoms with van der Waals surface area (Å²) in [5.41, 5.74) is 4.82. The number of benzene rings is 3. The average molecular weight is 474 g/mol. The summed E-state index contributed by atoms with van der Waals surface area (Å²) in [5.74, 6) is 1.58. The number of ether oxygens (including phenoxy) is 1. The third-order valence-corrected chi connectivity index (χ3v) is 6.17. The third-order valence-electron chi connectivity index (χ3n) is 5.24. The number of carbonyl (C=O) groups excluding carboxylic acids is 1. The molecule has 0 spiro atoms. The van der Waals surface area contributed by atoms with E-state index in [0.29, 0.717) is 5.16 Å². The molecule has 34 heavy (non-hydrogen) atoms. The number of hydrogen-bond acceptors (Lipinski definition) is 6. The summed E-state index contributed by atoms with van der Waals surface area (Å²) in [5, 5.41) is 12.5. The Labute approximate surface area is 203 Å². The molecule has 0 atom stereocenters. The first-order valence-corrected chi connectivity index (χ1v) is 11.8. The van der Waals surface area contributed by atoms with Crippen molar-refractivity contribution in [2.45, 2.75) is 12.1 Å². The van der Waals surface area contributed by atoms with Gasteiger partial charge in [0.1, 0.15) is 5.75 Å². The Hall–Kier alpha value is -3.78. The van der Waals surface area contributed by atoms with Crippen LogP contribution in [-0.2, 0) is 4.79 Å². The molecule has 8 heteroatoms. The first kappa shape index (κ1) is 23.4. The molecule has 1 amide bonds. The van der Waals surface area contributed by atoms with Crippen LogP contribution in [0.4, 0.5) is 11.4 Å². The lowest BCUT2D eigenvalue weighted by molar-refractivity contribution is -0.113. The van der Waals surface area contributed by atoms with Crippen molar-refractivity contribution in [3.8, 4) is 22.8 Å². The molecule has 0 radical (unpaired) electrons. The molecule has 0 saturated heterocycles. The van der Waals surface area contributed by atoms with Gasteiger partial charge in [0.25, 0.3) is 0 Å². The number of nitrogens with one attached hydrogen (secondary N) is 1. The highest BCUT2D eigenvalue weighted by atomic mass is 32.2. The minimum absolute atomic E-state index is 0.107. The maximum absolute atomic E-state index is 12.6. The number of rotatable bonds is 8. The van der Waals surface area contributed by atoms with Crippen molar-refractivity contribution in [3.05, 3.63) is 78.4 Å². The van der Waals surface area contributed by atoms with Gasteiger partial charge in [0.2, 0.25) is 5.91 Å². The molecule has 4 rings (SSSR count). The molecule has 0 aliphatic rings. The van der Waals surface area contributed by atoms with Gasteiger partial charge in [-0.15, -0.1) is 10.2 Å². The van der Waals surface area contributed by atoms with E-state index in [1.165, 1.54) is 11.8 Å². The summed E-state index contributed by atoms with van der Waals surface area (Å²) < 4.78 is 7.27. The zero-order valence-corrected chi connectivity index (χ0v) is 20.5. The summed E-state index contributed by atoms with van der Waals surface area (Å²) in [6.07, 6.45) is 0. The van der Waals surface area contributed by atoms with Crippen LogP contribution < -0.4 is 15.0 Å². The zero-order valence-electron chi connectivity index (χ0n) is 19.6. The van der Waals surface area contributed by atoms with Crippen LogP contribution in [0, 0.1) is 6.92 Å². The van der Waals surface area contributed by atoms with Gasteiger partial charge in [0, 0.05) is 36.7 Å². The molecule has 1 heterocycles. The van der Waals surface area contributed by atoms with Crippen LogP contribution in [0.3, 0.4) is 0 Å². The molecule has 0 fully saturated rings. The smallest absolute Gasteiger partial charge is 0.234 e. The van der Waals surface area contributed by atoms with Crippen LogP contribution in [0.25, 0.3) is 17.1 Å². The molecule has 0 bridgehead atoms. The number of amides is 1. The molecule has 4 aromatic rings. The topological polar surface area (TPSA) is 72.3 Å². The summed E-state index contributed by atoms with van der Waals surface area (Å²) in [4.78, 5) is 14.7. The Balaban J connectivity index is 1.56. The van der Waals surface area contributed by atoms with Gasteiger partial charge >= 0.3 is 0 Å². The summed E-state index contributed by atoms with van der Waals surface area (Å²) in [6.45, 7) is 2.04. The number of anilines is 2. The lowest BCUT2D eigenvalue weighted by Crippen LogP contribution is -2.15. The van der Waals surface area contributed by atoms with Crippen molar-refractivity contribution in [2.75, 3.05) is 37.2 Å². The second kappa shape index (κ2) is 10.4. The fourth-order valence-electron chi connectivity index (χ4n) is 3.47. The molecule has 0 unspecified atom stereocenters. The van der Waals surface area contributed by atoms with E-state index in [0.717, 1.165) is 39.8 Å². The summed E-state index contributed by atoms with van der Waals surface area (Å²) in [6, 6.07) is 23.6. The monoisotopic (exact) mass is 473 g/mol. The minimum atomic E-state index is -0.107. The quantitative estimate of drug-likeness (QED) is 0.361. The number of hydrogen-bond donors (Lipinski definition) is 1. The predicted molar refractivity (Wildman–Crippen MR) is 138 cm³/mol. The van der Waals surface area contributed by atoms with E-state index in [1.54, 1.807) is 7.11 Å². The second-order valence-corrected chi connectivity index (χ2v) is 8.93. The number of methoxy groups -OCH3 is 1. The predicted octanol–water partition coefficient (Wildman–Crippen LogP) is 5.05. The van der Waals surface area contributed by atoms with Gasteiger partial charge in [0.15, 0.2) is 11.0 Å². The van der Waals surface area contributed by atoms with Gasteiger partial charge in [-0.1, -0.05) is 35.5 Å². The largest absolute Gasteiger partial charge is 0.497 e. The van der Waals surface area contributed by atoms with E-state index in [1.807, 2.05) is 97.2 Å². The molecule has 1 aromatic heterocycles. The fraction of sp³-hybridized carbons (Fsp3) is 0.192. The van der Waals surface area contributed by atoms with Crippen LogP contribution in [0.1, 0.15) is 5.56 Å². The molecule has 0 aliphatic heterocycles. The van der Waals surface area contributed by atoms with Gasteiger partial charge < -0.3 is 15.0 Å². The second-order valence-electron chi connectivity index (χ2n) is 7.99. The number of carbonyl (C=O) groups is 1. The lowest BCUT2D eigenvalue weighted by Gasteiger charge is -2.13. The van der Waals surface area contributed by atoms with Crippen LogP contribution in [-0.4, -0.2) is 47.6 Å². The van der Waals surface area contributed by atoms with Crippen molar-refractivity contribution in [3.63, 3.8) is 0 Å². The van der Waals surface area contributed by atoms with Crippen molar-refractivity contribution < 1.29 is 9.53 Å². The Kier molecular flexibility index (Phi) is 7.18. The highest BCUT2D eigenvalue weighted by molar-refractivity contribution is 7.99. The zero-order chi connectivity index (χ0) is 24.1. The molecule has 0 aliphatic carbocycles. The Bertz CT molecular complexity index is 1270. The molecule has 0 saturated carbocycles. The number of nitrogens with zero attached hydrogens (tertiary/aromatic N) is 4. The lowest BCUT2D eigenvalue weighted by atomic mass is 10.1. The van der Waals surface area contributed by atoms with Gasteiger partial charge in [-0.3, -0.25) is 9.36 Å². The number of aromatic nitrogens is 3. The maximum atomic E-state index is 12.6. The van der Waals surface area contributed by atoms with Gasteiger partial charge in [-0.05, 0) is 61.5 Å². The third kappa shape index (κ3) is 5.40. The van der Waals surface area contributed by atoms with E-state index >= 15 is 0 Å². The highest BCUT2D eigenvalue weighted by Gasteiger charge is 2.18. The van der Waals surface area contributed by atoms with E-state index in [2.05, 4.69) is 21.6 Å². The standard InChI is InChI=1S/C26H27N5O2S/c1-18-6-5-7-19(16-18)25-28-29-26(31(25)22-12-14-23(33-4)15-13-22)34-17-24(32)27-20-8-10-21(11-9-20)30(2)3/h5-16H,17H2,1-4H3,(H,27,32). The summed E-state index contributed by atoms with van der Waals surface area (Å²) >= 11 is 1.34. The molecule has 7 nitrogen and oxygen atoms in total. The fourth-order valence-corrected chi connectivity index (χ4v) is 4.22. The average Bonchev–Trinajstić information content (AvgIpc) is 3.27. The molecular formula is C26H27N5O2S. The van der Waals surface area contributed by atoms with Crippen LogP contribution >= 0.6 is 11.8 Å². The first-order chi connectivity index (χ1) is 16.4. The minimum Gasteiger partial charge on any atom is -0.497 e. The Morgan fingerprint density at radius 3 is 2.41 bits per heavy atom. The van der Waals surface area contributed by atoms with Crippen LogP contribution in [0.15, 0.2) is 78.0 Å². The van der Waals surface area contributed by atoms with E-state index in [9.17, 15) is 4.79 Å². The first-order valence-electron chi connectivity index (χ1n) is 10.8. The SMILES string of the molecule is COc1ccc(-n2c(SCC(=O)Nc3ccc(N(C)C)cc3)nnc2-c2cccc(C)c2)cc1. The van der Waals surface area contributed by atoms with Gasteiger partial charge in [0.05, 0.1) is 12.9 Å². The number of thioether (sulfide) groups is 1. The Morgan fingerprint density at radius 1 is 1.03 bits per heavy atom.